The summed E-state index contributed by atoms with van der Waals surface area (Å²) in [7, 11) is 0. The second kappa shape index (κ2) is 8.02. The molecule has 0 bridgehead atoms. The van der Waals surface area contributed by atoms with Crippen molar-refractivity contribution >= 4 is 22.5 Å². The zero-order valence-corrected chi connectivity index (χ0v) is 17.5. The van der Waals surface area contributed by atoms with Crippen LogP contribution in [0.25, 0.3) is 10.8 Å². The Bertz CT molecular complexity index is 1150. The topological polar surface area (TPSA) is 69.6 Å². The Morgan fingerprint density at radius 3 is 2.74 bits per heavy atom. The minimum atomic E-state index is -0.00875. The van der Waals surface area contributed by atoms with Crippen LogP contribution < -0.4 is 4.90 Å². The van der Waals surface area contributed by atoms with Crippen molar-refractivity contribution in [3.8, 4) is 5.75 Å². The molecule has 1 aromatic heterocycles. The van der Waals surface area contributed by atoms with Crippen molar-refractivity contribution in [2.45, 2.75) is 25.2 Å². The maximum absolute atomic E-state index is 11.9. The largest absolute Gasteiger partial charge is 0.508 e. The Balaban J connectivity index is 1.40. The Morgan fingerprint density at radius 2 is 1.94 bits per heavy atom. The quantitative estimate of drug-likeness (QED) is 0.665. The van der Waals surface area contributed by atoms with E-state index in [1.54, 1.807) is 6.33 Å². The third-order valence-electron chi connectivity index (χ3n) is 6.58. The summed E-state index contributed by atoms with van der Waals surface area (Å²) < 4.78 is 0. The molecule has 1 aliphatic carbocycles. The van der Waals surface area contributed by atoms with E-state index in [1.165, 1.54) is 22.6 Å². The van der Waals surface area contributed by atoms with Gasteiger partial charge in [-0.25, -0.2) is 9.97 Å². The maximum atomic E-state index is 11.9. The number of fused-ring (bicyclic) bond motifs is 2. The molecule has 2 aliphatic rings. The van der Waals surface area contributed by atoms with Crippen LogP contribution in [0.2, 0.25) is 0 Å². The van der Waals surface area contributed by atoms with Gasteiger partial charge in [-0.2, -0.15) is 0 Å². The van der Waals surface area contributed by atoms with Crippen LogP contribution in [0, 0.1) is 0 Å². The predicted molar refractivity (Wildman–Crippen MR) is 121 cm³/mol. The second-order valence-electron chi connectivity index (χ2n) is 8.33. The summed E-state index contributed by atoms with van der Waals surface area (Å²) in [4.78, 5) is 25.2. The van der Waals surface area contributed by atoms with Crippen LogP contribution in [-0.4, -0.2) is 52.1 Å². The number of hydrogen-bond donors (Lipinski definition) is 1. The number of benzene rings is 2. The minimum Gasteiger partial charge on any atom is -0.508 e. The third kappa shape index (κ3) is 3.63. The molecule has 1 N–H and O–H groups in total. The lowest BCUT2D eigenvalue weighted by molar-refractivity contribution is -0.126. The van der Waals surface area contributed by atoms with Crippen molar-refractivity contribution in [2.24, 2.45) is 0 Å². The fourth-order valence-electron chi connectivity index (χ4n) is 4.99. The average Bonchev–Trinajstić information content (AvgIpc) is 2.82. The molecular formula is C25H26N4O2. The van der Waals surface area contributed by atoms with Crippen molar-refractivity contribution in [1.82, 2.24) is 14.9 Å². The van der Waals surface area contributed by atoms with Gasteiger partial charge in [0.15, 0.2) is 0 Å². The molecule has 1 aliphatic heterocycles. The van der Waals surface area contributed by atoms with Crippen molar-refractivity contribution in [2.75, 3.05) is 31.1 Å². The summed E-state index contributed by atoms with van der Waals surface area (Å²) in [6, 6.07) is 12.0. The average molecular weight is 415 g/mol. The number of phenols is 1. The van der Waals surface area contributed by atoms with Crippen molar-refractivity contribution < 1.29 is 9.90 Å². The van der Waals surface area contributed by atoms with E-state index >= 15 is 0 Å². The van der Waals surface area contributed by atoms with Crippen LogP contribution in [0.3, 0.4) is 0 Å². The molecule has 1 saturated heterocycles. The van der Waals surface area contributed by atoms with Crippen molar-refractivity contribution in [3.63, 3.8) is 0 Å². The molecular weight excluding hydrogens is 388 g/mol. The molecule has 1 amide bonds. The summed E-state index contributed by atoms with van der Waals surface area (Å²) in [5.74, 6) is 1.63. The van der Waals surface area contributed by atoms with Gasteiger partial charge in [0, 0.05) is 37.4 Å². The van der Waals surface area contributed by atoms with E-state index in [4.69, 9.17) is 0 Å². The Labute approximate surface area is 181 Å². The molecule has 3 aromatic rings. The number of carbonyl (C=O) groups is 1. The molecule has 0 saturated carbocycles. The van der Waals surface area contributed by atoms with Crippen LogP contribution in [-0.2, 0) is 17.6 Å². The number of hydrogen-bond acceptors (Lipinski definition) is 5. The first kappa shape index (κ1) is 19.5. The van der Waals surface area contributed by atoms with Gasteiger partial charge in [0.25, 0.3) is 0 Å². The first-order chi connectivity index (χ1) is 15.1. The van der Waals surface area contributed by atoms with Crippen LogP contribution in [0.1, 0.15) is 29.2 Å². The Morgan fingerprint density at radius 1 is 1.13 bits per heavy atom. The summed E-state index contributed by atoms with van der Waals surface area (Å²) in [5.41, 5.74) is 3.52. The van der Waals surface area contributed by atoms with Crippen LogP contribution in [0.4, 0.5) is 5.82 Å². The van der Waals surface area contributed by atoms with Gasteiger partial charge >= 0.3 is 0 Å². The molecule has 0 radical (unpaired) electrons. The smallest absolute Gasteiger partial charge is 0.246 e. The fraction of sp³-hybridized carbons (Fsp3) is 0.320. The lowest BCUT2D eigenvalue weighted by atomic mass is 9.80. The molecule has 6 heteroatoms. The van der Waals surface area contributed by atoms with Crippen molar-refractivity contribution in [1.29, 1.82) is 0 Å². The number of nitrogens with zero attached hydrogens (tertiary/aromatic N) is 4. The van der Waals surface area contributed by atoms with E-state index in [2.05, 4.69) is 33.6 Å². The lowest BCUT2D eigenvalue weighted by Gasteiger charge is -2.37. The standard InChI is InChI=1S/C25H26N4O2/c1-2-24(31)28-9-11-29(12-10-28)25-21-8-7-18(14-23(21)26-16-27-25)22-15-19(30)13-17-5-3-4-6-20(17)22/h2-6,13,15-16,18,30H,1,7-12,14H2/t18-/m0/s1. The number of carbonyl (C=O) groups excluding carboxylic acids is 1. The normalized spacial score (nSPS) is 18.6. The number of piperazine rings is 1. The fourth-order valence-corrected chi connectivity index (χ4v) is 4.99. The van der Waals surface area contributed by atoms with Crippen LogP contribution in [0.15, 0.2) is 55.4 Å². The molecule has 158 valence electrons. The number of anilines is 1. The van der Waals surface area contributed by atoms with Crippen LogP contribution >= 0.6 is 0 Å². The van der Waals surface area contributed by atoms with E-state index in [0.29, 0.717) is 24.8 Å². The highest BCUT2D eigenvalue weighted by molar-refractivity contribution is 5.88. The molecule has 2 heterocycles. The number of rotatable bonds is 3. The third-order valence-corrected chi connectivity index (χ3v) is 6.58. The molecule has 5 rings (SSSR count). The monoisotopic (exact) mass is 414 g/mol. The summed E-state index contributed by atoms with van der Waals surface area (Å²) >= 11 is 0. The SMILES string of the molecule is C=CC(=O)N1CCN(c2ncnc3c2CC[C@H](c2cc(O)cc4ccccc24)C3)CC1. The van der Waals surface area contributed by atoms with E-state index in [1.807, 2.05) is 29.2 Å². The summed E-state index contributed by atoms with van der Waals surface area (Å²) in [6.07, 6.45) is 5.79. The van der Waals surface area contributed by atoms with Gasteiger partial charge in [0.2, 0.25) is 5.91 Å². The molecule has 1 atom stereocenters. The van der Waals surface area contributed by atoms with Gasteiger partial charge in [-0.05, 0) is 59.7 Å². The Kier molecular flexibility index (Phi) is 5.06. The van der Waals surface area contributed by atoms with E-state index in [-0.39, 0.29) is 5.91 Å². The molecule has 6 nitrogen and oxygen atoms in total. The zero-order chi connectivity index (χ0) is 21.4. The highest BCUT2D eigenvalue weighted by Gasteiger charge is 2.28. The van der Waals surface area contributed by atoms with E-state index < -0.39 is 0 Å². The molecule has 31 heavy (non-hydrogen) atoms. The van der Waals surface area contributed by atoms with Crippen LogP contribution in [0.5, 0.6) is 5.75 Å². The molecule has 0 spiro atoms. The number of aromatic hydroxyl groups is 1. The zero-order valence-electron chi connectivity index (χ0n) is 17.5. The second-order valence-corrected chi connectivity index (χ2v) is 8.33. The van der Waals surface area contributed by atoms with E-state index in [9.17, 15) is 9.90 Å². The predicted octanol–water partition coefficient (Wildman–Crippen LogP) is 3.44. The Hall–Kier alpha value is -3.41. The van der Waals surface area contributed by atoms with Crippen molar-refractivity contribution in [3.05, 3.63) is 72.2 Å². The maximum Gasteiger partial charge on any atom is 0.246 e. The van der Waals surface area contributed by atoms with Gasteiger partial charge in [-0.1, -0.05) is 30.8 Å². The summed E-state index contributed by atoms with van der Waals surface area (Å²) in [5, 5.41) is 12.5. The van der Waals surface area contributed by atoms with Gasteiger partial charge in [0.1, 0.15) is 17.9 Å². The molecule has 2 aromatic carbocycles. The highest BCUT2D eigenvalue weighted by Crippen LogP contribution is 2.39. The minimum absolute atomic E-state index is 0.00875. The first-order valence-corrected chi connectivity index (χ1v) is 10.8. The van der Waals surface area contributed by atoms with Gasteiger partial charge in [-0.15, -0.1) is 0 Å². The van der Waals surface area contributed by atoms with E-state index in [0.717, 1.165) is 49.2 Å². The van der Waals surface area contributed by atoms with Gasteiger partial charge in [0.05, 0.1) is 0 Å². The number of phenolic OH excluding ortho intramolecular Hbond substituents is 1. The first-order valence-electron chi connectivity index (χ1n) is 10.8. The lowest BCUT2D eigenvalue weighted by Crippen LogP contribution is -2.49. The molecule has 1 fully saturated rings. The number of aromatic nitrogens is 2. The number of amides is 1. The van der Waals surface area contributed by atoms with Gasteiger partial charge < -0.3 is 14.9 Å². The highest BCUT2D eigenvalue weighted by atomic mass is 16.3. The summed E-state index contributed by atoms with van der Waals surface area (Å²) in [6.45, 7) is 6.49. The molecule has 0 unspecified atom stereocenters. The van der Waals surface area contributed by atoms with Gasteiger partial charge in [-0.3, -0.25) is 4.79 Å².